The molecule has 0 bridgehead atoms. The fourth-order valence-electron chi connectivity index (χ4n) is 1.36. The SMILES string of the molecule is Nc1ccc(S(=O)O)c(Oc2ccccc2)c1. The third-order valence-corrected chi connectivity index (χ3v) is 2.84. The highest BCUT2D eigenvalue weighted by molar-refractivity contribution is 7.79. The Morgan fingerprint density at radius 3 is 2.47 bits per heavy atom. The molecule has 0 aromatic heterocycles. The molecular weight excluding hydrogens is 238 g/mol. The van der Waals surface area contributed by atoms with Gasteiger partial charge in [-0.3, -0.25) is 0 Å². The van der Waals surface area contributed by atoms with E-state index in [2.05, 4.69) is 0 Å². The standard InChI is InChI=1S/C12H11NO3S/c13-9-6-7-12(17(14)15)11(8-9)16-10-4-2-1-3-5-10/h1-8H,13H2,(H,14,15). The molecule has 0 aliphatic heterocycles. The molecule has 4 nitrogen and oxygen atoms in total. The first kappa shape index (κ1) is 11.6. The van der Waals surface area contributed by atoms with E-state index in [-0.39, 0.29) is 10.6 Å². The largest absolute Gasteiger partial charge is 0.456 e. The van der Waals surface area contributed by atoms with Gasteiger partial charge < -0.3 is 15.0 Å². The average Bonchev–Trinajstić information content (AvgIpc) is 2.30. The van der Waals surface area contributed by atoms with Crippen LogP contribution in [0.3, 0.4) is 0 Å². The van der Waals surface area contributed by atoms with Gasteiger partial charge in [0.1, 0.15) is 16.4 Å². The van der Waals surface area contributed by atoms with Crippen LogP contribution < -0.4 is 10.5 Å². The molecule has 0 heterocycles. The summed E-state index contributed by atoms with van der Waals surface area (Å²) in [5, 5.41) is 0. The van der Waals surface area contributed by atoms with Crippen LogP contribution in [0.4, 0.5) is 5.69 Å². The quantitative estimate of drug-likeness (QED) is 0.648. The van der Waals surface area contributed by atoms with Crippen molar-refractivity contribution in [2.45, 2.75) is 4.90 Å². The maximum atomic E-state index is 11.1. The van der Waals surface area contributed by atoms with Gasteiger partial charge in [0.25, 0.3) is 0 Å². The molecule has 1 unspecified atom stereocenters. The van der Waals surface area contributed by atoms with Crippen molar-refractivity contribution < 1.29 is 13.5 Å². The lowest BCUT2D eigenvalue weighted by Gasteiger charge is -2.09. The van der Waals surface area contributed by atoms with Crippen LogP contribution >= 0.6 is 0 Å². The molecule has 3 N–H and O–H groups in total. The Morgan fingerprint density at radius 2 is 1.82 bits per heavy atom. The Bertz CT molecular complexity index is 543. The summed E-state index contributed by atoms with van der Waals surface area (Å²) in [6, 6.07) is 13.6. The summed E-state index contributed by atoms with van der Waals surface area (Å²) in [6.07, 6.45) is 0. The van der Waals surface area contributed by atoms with Crippen LogP contribution in [0.1, 0.15) is 0 Å². The maximum absolute atomic E-state index is 11.1. The first-order chi connectivity index (χ1) is 8.16. The molecule has 2 rings (SSSR count). The van der Waals surface area contributed by atoms with Gasteiger partial charge in [-0.05, 0) is 24.3 Å². The van der Waals surface area contributed by atoms with Crippen molar-refractivity contribution in [3.8, 4) is 11.5 Å². The summed E-state index contributed by atoms with van der Waals surface area (Å²) in [4.78, 5) is 0.197. The summed E-state index contributed by atoms with van der Waals surface area (Å²) in [6.45, 7) is 0. The van der Waals surface area contributed by atoms with Gasteiger partial charge >= 0.3 is 0 Å². The van der Waals surface area contributed by atoms with Crippen LogP contribution in [0.25, 0.3) is 0 Å². The minimum Gasteiger partial charge on any atom is -0.456 e. The van der Waals surface area contributed by atoms with Gasteiger partial charge in [0, 0.05) is 11.8 Å². The zero-order valence-corrected chi connectivity index (χ0v) is 9.68. The molecule has 5 heteroatoms. The Hall–Kier alpha value is -1.85. The van der Waals surface area contributed by atoms with E-state index in [1.807, 2.05) is 18.2 Å². The summed E-state index contributed by atoms with van der Waals surface area (Å²) in [5.41, 5.74) is 6.10. The number of hydrogen-bond acceptors (Lipinski definition) is 3. The van der Waals surface area contributed by atoms with E-state index in [4.69, 9.17) is 15.0 Å². The molecule has 0 saturated heterocycles. The van der Waals surface area contributed by atoms with Crippen molar-refractivity contribution >= 4 is 16.8 Å². The number of nitrogens with two attached hydrogens (primary N) is 1. The van der Waals surface area contributed by atoms with Crippen LogP contribution in [-0.2, 0) is 11.1 Å². The topological polar surface area (TPSA) is 72.6 Å². The molecule has 2 aromatic carbocycles. The Balaban J connectivity index is 2.37. The van der Waals surface area contributed by atoms with Gasteiger partial charge in [-0.1, -0.05) is 18.2 Å². The smallest absolute Gasteiger partial charge is 0.190 e. The highest BCUT2D eigenvalue weighted by atomic mass is 32.2. The zero-order chi connectivity index (χ0) is 12.3. The second-order valence-electron chi connectivity index (χ2n) is 3.37. The Labute approximate surface area is 101 Å². The van der Waals surface area contributed by atoms with E-state index < -0.39 is 11.1 Å². The van der Waals surface area contributed by atoms with Crippen molar-refractivity contribution in [3.63, 3.8) is 0 Å². The van der Waals surface area contributed by atoms with Crippen LogP contribution in [0, 0.1) is 0 Å². The number of para-hydroxylation sites is 1. The molecule has 0 aliphatic carbocycles. The zero-order valence-electron chi connectivity index (χ0n) is 8.87. The predicted molar refractivity (Wildman–Crippen MR) is 66.4 cm³/mol. The van der Waals surface area contributed by atoms with Gasteiger partial charge in [-0.2, -0.15) is 0 Å². The van der Waals surface area contributed by atoms with Gasteiger partial charge in [-0.25, -0.2) is 4.21 Å². The van der Waals surface area contributed by atoms with E-state index in [9.17, 15) is 4.21 Å². The van der Waals surface area contributed by atoms with Crippen molar-refractivity contribution in [1.82, 2.24) is 0 Å². The summed E-state index contributed by atoms with van der Waals surface area (Å²) in [7, 11) is 0. The van der Waals surface area contributed by atoms with Crippen LogP contribution in [0.5, 0.6) is 11.5 Å². The van der Waals surface area contributed by atoms with Crippen LogP contribution in [-0.4, -0.2) is 8.76 Å². The normalized spacial score (nSPS) is 12.1. The first-order valence-electron chi connectivity index (χ1n) is 4.90. The molecule has 0 amide bonds. The highest BCUT2D eigenvalue weighted by Gasteiger charge is 2.10. The third kappa shape index (κ3) is 2.83. The average molecular weight is 249 g/mol. The number of hydrogen-bond donors (Lipinski definition) is 2. The number of nitrogen functional groups attached to an aromatic ring is 1. The predicted octanol–water partition coefficient (Wildman–Crippen LogP) is 2.64. The van der Waals surface area contributed by atoms with Crippen molar-refractivity contribution in [2.75, 3.05) is 5.73 Å². The molecule has 0 saturated carbocycles. The molecule has 0 fully saturated rings. The number of ether oxygens (including phenoxy) is 1. The fraction of sp³-hybridized carbons (Fsp3) is 0. The lowest BCUT2D eigenvalue weighted by atomic mass is 10.3. The second kappa shape index (κ2) is 4.99. The molecule has 88 valence electrons. The Morgan fingerprint density at radius 1 is 1.12 bits per heavy atom. The highest BCUT2D eigenvalue weighted by Crippen LogP contribution is 2.29. The van der Waals surface area contributed by atoms with Gasteiger partial charge in [0.15, 0.2) is 11.1 Å². The van der Waals surface area contributed by atoms with E-state index in [1.54, 1.807) is 18.2 Å². The van der Waals surface area contributed by atoms with E-state index in [0.717, 1.165) is 0 Å². The molecule has 0 aliphatic rings. The van der Waals surface area contributed by atoms with Crippen molar-refractivity contribution in [2.24, 2.45) is 0 Å². The summed E-state index contributed by atoms with van der Waals surface area (Å²) in [5.74, 6) is 0.877. The van der Waals surface area contributed by atoms with E-state index >= 15 is 0 Å². The lowest BCUT2D eigenvalue weighted by Crippen LogP contribution is -1.96. The van der Waals surface area contributed by atoms with E-state index in [1.165, 1.54) is 12.1 Å². The number of benzene rings is 2. The summed E-state index contributed by atoms with van der Waals surface area (Å²) < 4.78 is 25.8. The van der Waals surface area contributed by atoms with Gasteiger partial charge in [-0.15, -0.1) is 0 Å². The molecule has 1 atom stereocenters. The number of rotatable bonds is 3. The minimum atomic E-state index is -2.10. The van der Waals surface area contributed by atoms with Gasteiger partial charge in [0.05, 0.1) is 0 Å². The molecule has 0 radical (unpaired) electrons. The van der Waals surface area contributed by atoms with Crippen molar-refractivity contribution in [1.29, 1.82) is 0 Å². The lowest BCUT2D eigenvalue weighted by molar-refractivity contribution is 0.466. The third-order valence-electron chi connectivity index (χ3n) is 2.13. The first-order valence-corrected chi connectivity index (χ1v) is 6.01. The Kier molecular flexibility index (Phi) is 3.41. The van der Waals surface area contributed by atoms with Crippen LogP contribution in [0.2, 0.25) is 0 Å². The molecule has 0 spiro atoms. The van der Waals surface area contributed by atoms with E-state index in [0.29, 0.717) is 11.4 Å². The van der Waals surface area contributed by atoms with Crippen molar-refractivity contribution in [3.05, 3.63) is 48.5 Å². The monoisotopic (exact) mass is 249 g/mol. The molecule has 2 aromatic rings. The fourth-order valence-corrected chi connectivity index (χ4v) is 1.82. The van der Waals surface area contributed by atoms with Gasteiger partial charge in [0.2, 0.25) is 0 Å². The van der Waals surface area contributed by atoms with Crippen LogP contribution in [0.15, 0.2) is 53.4 Å². The maximum Gasteiger partial charge on any atom is 0.190 e. The second-order valence-corrected chi connectivity index (χ2v) is 4.31. The number of anilines is 1. The minimum absolute atomic E-state index is 0.197. The molecular formula is C12H11NO3S. The summed E-state index contributed by atoms with van der Waals surface area (Å²) >= 11 is -2.10. The molecule has 17 heavy (non-hydrogen) atoms.